The number of carbonyl (C=O) groups excluding carboxylic acids is 1. The van der Waals surface area contributed by atoms with Crippen LogP contribution in [0.5, 0.6) is 0 Å². The second kappa shape index (κ2) is 17.2. The molecule has 12 heteroatoms. The Kier molecular flexibility index (Phi) is 15.3. The fourth-order valence-electron chi connectivity index (χ4n) is 7.96. The van der Waals surface area contributed by atoms with Gasteiger partial charge >= 0.3 is 5.97 Å². The van der Waals surface area contributed by atoms with Crippen LogP contribution in [0.15, 0.2) is 12.7 Å². The Labute approximate surface area is 282 Å². The molecule has 0 aromatic rings. The van der Waals surface area contributed by atoms with Crippen LogP contribution in [0.3, 0.4) is 0 Å². The zero-order valence-electron chi connectivity index (χ0n) is 30.7. The lowest BCUT2D eigenvalue weighted by atomic mass is 9.66. The van der Waals surface area contributed by atoms with E-state index in [1.807, 2.05) is 25.9 Å². The van der Waals surface area contributed by atoms with Gasteiger partial charge in [0.15, 0.2) is 6.29 Å². The summed E-state index contributed by atoms with van der Waals surface area (Å²) in [6.07, 6.45) is -4.05. The van der Waals surface area contributed by atoms with Crippen molar-refractivity contribution in [3.05, 3.63) is 12.7 Å². The van der Waals surface area contributed by atoms with Gasteiger partial charge in [0.1, 0.15) is 17.8 Å². The van der Waals surface area contributed by atoms with E-state index in [-0.39, 0.29) is 31.4 Å². The second-order valence-corrected chi connectivity index (χ2v) is 15.0. The summed E-state index contributed by atoms with van der Waals surface area (Å²) >= 11 is 0. The number of aliphatic hydroxyl groups excluding tert-OH is 3. The van der Waals surface area contributed by atoms with Crippen molar-refractivity contribution in [1.82, 2.24) is 10.2 Å². The van der Waals surface area contributed by atoms with Gasteiger partial charge in [0.05, 0.1) is 41.5 Å². The Bertz CT molecular complexity index is 995. The lowest BCUT2D eigenvalue weighted by Crippen LogP contribution is -2.63. The molecule has 12 nitrogen and oxygen atoms in total. The van der Waals surface area contributed by atoms with Gasteiger partial charge in [0.2, 0.25) is 0 Å². The number of methoxy groups -OCH3 is 1. The molecule has 0 aliphatic carbocycles. The molecule has 0 bridgehead atoms. The molecule has 2 aliphatic heterocycles. The normalized spacial score (nSPS) is 46.1. The predicted octanol–water partition coefficient (Wildman–Crippen LogP) is 1.84. The number of likely N-dealkylation sites (N-methyl/N-ethyl adjacent to an activating group) is 1. The van der Waals surface area contributed by atoms with Crippen molar-refractivity contribution in [2.75, 3.05) is 34.3 Å². The molecule has 2 rings (SSSR count). The van der Waals surface area contributed by atoms with E-state index in [1.54, 1.807) is 40.7 Å². The molecule has 0 amide bonds. The van der Waals surface area contributed by atoms with Crippen molar-refractivity contribution >= 4 is 5.97 Å². The quantitative estimate of drug-likeness (QED) is 0.113. The number of ether oxygens (including phenoxy) is 4. The van der Waals surface area contributed by atoms with Crippen LogP contribution in [0, 0.1) is 23.7 Å². The number of cyclic esters (lactones) is 1. The first-order valence-corrected chi connectivity index (χ1v) is 17.2. The van der Waals surface area contributed by atoms with Crippen LogP contribution >= 0.6 is 0 Å². The van der Waals surface area contributed by atoms with E-state index < -0.39 is 83.3 Å². The third kappa shape index (κ3) is 9.53. The van der Waals surface area contributed by atoms with Gasteiger partial charge < -0.3 is 54.7 Å². The molecule has 0 spiro atoms. The number of nitrogens with zero attached hydrogens (tertiary/aromatic N) is 1. The smallest absolute Gasteiger partial charge is 0.311 e. The number of nitrogens with one attached hydrogen (secondary N) is 1. The van der Waals surface area contributed by atoms with E-state index >= 15 is 0 Å². The van der Waals surface area contributed by atoms with Gasteiger partial charge in [-0.2, -0.15) is 0 Å². The molecule has 6 N–H and O–H groups in total. The highest BCUT2D eigenvalue weighted by Gasteiger charge is 2.56. The third-order valence-corrected chi connectivity index (χ3v) is 11.0. The summed E-state index contributed by atoms with van der Waals surface area (Å²) < 4.78 is 24.8. The maximum Gasteiger partial charge on any atom is 0.311 e. The Morgan fingerprint density at radius 1 is 1.06 bits per heavy atom. The number of rotatable bonds is 10. The molecule has 15 atom stereocenters. The van der Waals surface area contributed by atoms with E-state index in [2.05, 4.69) is 11.9 Å². The molecule has 0 saturated carbocycles. The summed E-state index contributed by atoms with van der Waals surface area (Å²) in [7, 11) is 5.26. The van der Waals surface area contributed by atoms with Crippen molar-refractivity contribution in [2.24, 2.45) is 23.7 Å². The highest BCUT2D eigenvalue weighted by Crippen LogP contribution is 2.43. The molecule has 2 saturated heterocycles. The number of hydrogen-bond acceptors (Lipinski definition) is 12. The largest absolute Gasteiger partial charge is 0.459 e. The maximum absolute atomic E-state index is 13.7. The number of aliphatic hydroxyl groups is 5. The van der Waals surface area contributed by atoms with E-state index in [9.17, 15) is 30.3 Å². The average molecular weight is 675 g/mol. The Balaban J connectivity index is 2.68. The molecule has 2 heterocycles. The molecular weight excluding hydrogens is 608 g/mol. The minimum atomic E-state index is -1.85. The van der Waals surface area contributed by atoms with Crippen molar-refractivity contribution in [1.29, 1.82) is 0 Å². The maximum atomic E-state index is 13.7. The van der Waals surface area contributed by atoms with Gasteiger partial charge in [0, 0.05) is 31.5 Å². The van der Waals surface area contributed by atoms with Crippen LogP contribution in [0.4, 0.5) is 0 Å². The first-order valence-electron chi connectivity index (χ1n) is 17.2. The first-order chi connectivity index (χ1) is 21.7. The molecule has 47 heavy (non-hydrogen) atoms. The molecule has 0 aromatic heterocycles. The van der Waals surface area contributed by atoms with Gasteiger partial charge in [-0.15, -0.1) is 6.58 Å². The standard InChI is InChI=1S/C35H66N2O10/c1-13-16-36-17-15-25-34(8,42)26(14-2)46-31(41)23(6)27(38)22(5)30(33(7,44-12)19-20(3)29(40)35(25,9)43)47-32-28(39)24(37(10)11)18-21(4)45-32/h13,20-30,32,36,38-40,42-43H,1,14-19H2,2-12H3/t20-,21-,22+,23-,24+,25+,26-,27-,28-,29?,30-,32+,33-,34+,35?/m1/s1. The summed E-state index contributed by atoms with van der Waals surface area (Å²) in [4.78, 5) is 15.6. The van der Waals surface area contributed by atoms with E-state index in [0.29, 0.717) is 19.5 Å². The molecular formula is C35H66N2O10. The predicted molar refractivity (Wildman–Crippen MR) is 179 cm³/mol. The van der Waals surface area contributed by atoms with Crippen molar-refractivity contribution in [2.45, 2.75) is 147 Å². The Hall–Kier alpha value is -1.19. The molecule has 276 valence electrons. The van der Waals surface area contributed by atoms with Crippen LogP contribution in [0.2, 0.25) is 0 Å². The van der Waals surface area contributed by atoms with Crippen LogP contribution in [0.1, 0.15) is 81.1 Å². The lowest BCUT2D eigenvalue weighted by Gasteiger charge is -2.51. The van der Waals surface area contributed by atoms with Crippen molar-refractivity contribution in [3.63, 3.8) is 0 Å². The van der Waals surface area contributed by atoms with Crippen LogP contribution in [-0.4, -0.2) is 136 Å². The molecule has 0 radical (unpaired) electrons. The molecule has 2 fully saturated rings. The van der Waals surface area contributed by atoms with Crippen LogP contribution in [-0.2, 0) is 23.7 Å². The van der Waals surface area contributed by atoms with E-state index in [0.717, 1.165) is 0 Å². The zero-order chi connectivity index (χ0) is 36.1. The van der Waals surface area contributed by atoms with E-state index in [1.165, 1.54) is 21.0 Å². The highest BCUT2D eigenvalue weighted by molar-refractivity contribution is 5.73. The SMILES string of the molecule is C=CCNCC[C@@H]1C(C)(O)C(O)[C@H](C)C[C@@](C)(OC)[C@H](O[C@@H]2O[C@H](C)C[C@H](N(C)C)[C@H]2O)[C@@H](C)[C@@H](O)[C@@H](C)C(=O)O[C@H](CC)[C@@]1(C)O. The fourth-order valence-corrected chi connectivity index (χ4v) is 7.96. The van der Waals surface area contributed by atoms with Gasteiger partial charge in [-0.3, -0.25) is 4.79 Å². The van der Waals surface area contributed by atoms with E-state index in [4.69, 9.17) is 18.9 Å². The van der Waals surface area contributed by atoms with Gasteiger partial charge in [0.25, 0.3) is 0 Å². The third-order valence-electron chi connectivity index (χ3n) is 11.0. The minimum Gasteiger partial charge on any atom is -0.459 e. The van der Waals surface area contributed by atoms with Crippen LogP contribution in [0.25, 0.3) is 0 Å². The Morgan fingerprint density at radius 3 is 2.21 bits per heavy atom. The first kappa shape index (κ1) is 42.0. The summed E-state index contributed by atoms with van der Waals surface area (Å²) in [5.41, 5.74) is -4.81. The second-order valence-electron chi connectivity index (χ2n) is 15.0. The van der Waals surface area contributed by atoms with Gasteiger partial charge in [-0.05, 0) is 86.9 Å². The van der Waals surface area contributed by atoms with Gasteiger partial charge in [-0.25, -0.2) is 0 Å². The summed E-state index contributed by atoms with van der Waals surface area (Å²) in [5.74, 6) is -4.07. The van der Waals surface area contributed by atoms with Crippen molar-refractivity contribution < 1.29 is 49.3 Å². The zero-order valence-corrected chi connectivity index (χ0v) is 30.7. The number of carbonyl (C=O) groups is 1. The molecule has 2 aliphatic rings. The Morgan fingerprint density at radius 2 is 1.68 bits per heavy atom. The highest BCUT2D eigenvalue weighted by atomic mass is 16.7. The summed E-state index contributed by atoms with van der Waals surface area (Å²) in [6, 6.07) is -0.252. The molecule has 0 aromatic carbocycles. The topological polar surface area (TPSA) is 170 Å². The van der Waals surface area contributed by atoms with Gasteiger partial charge in [-0.1, -0.05) is 26.8 Å². The summed E-state index contributed by atoms with van der Waals surface area (Å²) in [5, 5.41) is 62.3. The summed E-state index contributed by atoms with van der Waals surface area (Å²) in [6.45, 7) is 18.2. The minimum absolute atomic E-state index is 0.150. The fraction of sp³-hybridized carbons (Fsp3) is 0.914. The number of esters is 1. The monoisotopic (exact) mass is 674 g/mol. The molecule has 2 unspecified atom stereocenters. The number of hydrogen-bond donors (Lipinski definition) is 6. The average Bonchev–Trinajstić information content (AvgIpc) is 3.00. The van der Waals surface area contributed by atoms with Crippen molar-refractivity contribution in [3.8, 4) is 0 Å². The van der Waals surface area contributed by atoms with Crippen LogP contribution < -0.4 is 5.32 Å². The lowest BCUT2D eigenvalue weighted by molar-refractivity contribution is -0.303.